The molecule has 3 aromatic rings. The Morgan fingerprint density at radius 3 is 2.36 bits per heavy atom. The molecule has 4 atom stereocenters. The molecule has 2 fully saturated rings. The van der Waals surface area contributed by atoms with E-state index in [-0.39, 0.29) is 11.7 Å². The third-order valence-electron chi connectivity index (χ3n) is 6.69. The summed E-state index contributed by atoms with van der Waals surface area (Å²) in [5.74, 6) is -2.54. The summed E-state index contributed by atoms with van der Waals surface area (Å²) in [4.78, 5) is 42.4. The second-order valence-corrected chi connectivity index (χ2v) is 8.85. The molecule has 3 aliphatic heterocycles. The molecule has 33 heavy (non-hydrogen) atoms. The van der Waals surface area contributed by atoms with Crippen LogP contribution in [0.4, 0.5) is 5.69 Å². The van der Waals surface area contributed by atoms with Crippen molar-refractivity contribution in [2.45, 2.75) is 12.1 Å². The minimum atomic E-state index is -0.882. The first-order valence-electron chi connectivity index (χ1n) is 10.7. The van der Waals surface area contributed by atoms with Crippen LogP contribution in [0.25, 0.3) is 0 Å². The number of Topliss-reactive ketones (excluding diaryl/α,β-unsaturated/α-hetero) is 1. The van der Waals surface area contributed by atoms with Gasteiger partial charge in [-0.15, -0.1) is 0 Å². The molecule has 0 spiro atoms. The zero-order valence-electron chi connectivity index (χ0n) is 17.3. The zero-order chi connectivity index (χ0) is 22.7. The van der Waals surface area contributed by atoms with Gasteiger partial charge in [-0.3, -0.25) is 19.4 Å². The fourth-order valence-electron chi connectivity index (χ4n) is 5.31. The van der Waals surface area contributed by atoms with Crippen molar-refractivity contribution in [2.75, 3.05) is 4.90 Å². The molecule has 162 valence electrons. The Bertz CT molecular complexity index is 1340. The Morgan fingerprint density at radius 1 is 0.848 bits per heavy atom. The van der Waals surface area contributed by atoms with Gasteiger partial charge in [0.1, 0.15) is 6.04 Å². The molecule has 0 unspecified atom stereocenters. The van der Waals surface area contributed by atoms with Gasteiger partial charge in [-0.25, -0.2) is 4.90 Å². The molecule has 3 heterocycles. The minimum Gasteiger partial charge on any atom is -0.292 e. The molecule has 7 heteroatoms. The Labute approximate surface area is 195 Å². The van der Waals surface area contributed by atoms with Crippen molar-refractivity contribution in [3.8, 4) is 0 Å². The van der Waals surface area contributed by atoms with Crippen LogP contribution in [0.5, 0.6) is 0 Å². The number of carbonyl (C=O) groups excluding carboxylic acids is 3. The second-order valence-electron chi connectivity index (χ2n) is 8.42. The van der Waals surface area contributed by atoms with Crippen LogP contribution in [-0.2, 0) is 9.59 Å². The van der Waals surface area contributed by atoms with E-state index in [4.69, 9.17) is 11.6 Å². The molecular formula is C26H18ClN3O3. The lowest BCUT2D eigenvalue weighted by Gasteiger charge is -2.33. The average Bonchev–Trinajstić information content (AvgIpc) is 3.32. The molecule has 3 aliphatic rings. The van der Waals surface area contributed by atoms with Gasteiger partial charge in [-0.2, -0.15) is 5.10 Å². The van der Waals surface area contributed by atoms with Gasteiger partial charge in [0.15, 0.2) is 5.78 Å². The number of carbonyl (C=O) groups is 3. The summed E-state index contributed by atoms with van der Waals surface area (Å²) < 4.78 is 0. The van der Waals surface area contributed by atoms with E-state index in [1.54, 1.807) is 59.8 Å². The molecule has 0 N–H and O–H groups in total. The van der Waals surface area contributed by atoms with E-state index in [0.717, 1.165) is 11.1 Å². The number of imide groups is 1. The lowest BCUT2D eigenvalue weighted by Crippen LogP contribution is -2.44. The SMILES string of the molecule is O=C(c1ccccc1)[C@@H]1[C@@H]2C(=O)N(c3cccc(Cl)c3)C(=O)[C@H]2[C@@H]2c3ccccc3C=NN12. The highest BCUT2D eigenvalue weighted by Gasteiger charge is 2.65. The van der Waals surface area contributed by atoms with Crippen molar-refractivity contribution in [1.82, 2.24) is 5.01 Å². The Hall–Kier alpha value is -3.77. The Kier molecular flexibility index (Phi) is 4.45. The first kappa shape index (κ1) is 19.9. The summed E-state index contributed by atoms with van der Waals surface area (Å²) in [5.41, 5.74) is 2.67. The van der Waals surface area contributed by atoms with Crippen LogP contribution in [-0.4, -0.2) is 34.9 Å². The maximum Gasteiger partial charge on any atom is 0.240 e. The highest BCUT2D eigenvalue weighted by Crippen LogP contribution is 2.53. The predicted octanol–water partition coefficient (Wildman–Crippen LogP) is 4.10. The smallest absolute Gasteiger partial charge is 0.240 e. The summed E-state index contributed by atoms with van der Waals surface area (Å²) in [7, 11) is 0. The van der Waals surface area contributed by atoms with E-state index in [1.165, 1.54) is 4.90 Å². The van der Waals surface area contributed by atoms with E-state index >= 15 is 0 Å². The minimum absolute atomic E-state index is 0.223. The quantitative estimate of drug-likeness (QED) is 0.440. The van der Waals surface area contributed by atoms with Crippen LogP contribution in [0.1, 0.15) is 27.5 Å². The van der Waals surface area contributed by atoms with E-state index in [2.05, 4.69) is 5.10 Å². The van der Waals surface area contributed by atoms with Gasteiger partial charge in [0.05, 0.1) is 29.8 Å². The molecule has 6 nitrogen and oxygen atoms in total. The molecule has 2 saturated heterocycles. The lowest BCUT2D eigenvalue weighted by molar-refractivity contribution is -0.124. The number of amides is 2. The highest BCUT2D eigenvalue weighted by atomic mass is 35.5. The van der Waals surface area contributed by atoms with Crippen LogP contribution in [0.15, 0.2) is 84.0 Å². The van der Waals surface area contributed by atoms with Gasteiger partial charge in [-0.05, 0) is 29.3 Å². The van der Waals surface area contributed by atoms with Crippen molar-refractivity contribution in [3.05, 3.63) is 101 Å². The fraction of sp³-hybridized carbons (Fsp3) is 0.154. The number of rotatable bonds is 3. The zero-order valence-corrected chi connectivity index (χ0v) is 18.1. The van der Waals surface area contributed by atoms with E-state index in [0.29, 0.717) is 16.3 Å². The molecule has 0 saturated carbocycles. The fourth-order valence-corrected chi connectivity index (χ4v) is 5.50. The van der Waals surface area contributed by atoms with Crippen molar-refractivity contribution in [2.24, 2.45) is 16.9 Å². The van der Waals surface area contributed by atoms with Crippen LogP contribution in [0.2, 0.25) is 5.02 Å². The maximum absolute atomic E-state index is 13.8. The van der Waals surface area contributed by atoms with Crippen molar-refractivity contribution in [3.63, 3.8) is 0 Å². The lowest BCUT2D eigenvalue weighted by atomic mass is 9.83. The van der Waals surface area contributed by atoms with Gasteiger partial charge in [0.2, 0.25) is 11.8 Å². The number of hydrogen-bond donors (Lipinski definition) is 0. The second kappa shape index (κ2) is 7.39. The van der Waals surface area contributed by atoms with Gasteiger partial charge in [-0.1, -0.05) is 72.3 Å². The molecular weight excluding hydrogens is 438 g/mol. The highest BCUT2D eigenvalue weighted by molar-refractivity contribution is 6.31. The van der Waals surface area contributed by atoms with Gasteiger partial charge >= 0.3 is 0 Å². The summed E-state index contributed by atoms with van der Waals surface area (Å²) in [6, 6.07) is 21.8. The molecule has 2 amide bonds. The number of ketones is 1. The van der Waals surface area contributed by atoms with Crippen LogP contribution >= 0.6 is 11.6 Å². The first-order chi connectivity index (χ1) is 16.1. The number of nitrogens with zero attached hydrogens (tertiary/aromatic N) is 3. The topological polar surface area (TPSA) is 70.0 Å². The maximum atomic E-state index is 13.8. The average molecular weight is 456 g/mol. The summed E-state index contributed by atoms with van der Waals surface area (Å²) >= 11 is 6.15. The van der Waals surface area contributed by atoms with E-state index in [9.17, 15) is 14.4 Å². The normalized spacial score (nSPS) is 25.1. The third kappa shape index (κ3) is 2.87. The van der Waals surface area contributed by atoms with Crippen LogP contribution < -0.4 is 4.90 Å². The standard InChI is InChI=1S/C26H18ClN3O3/c27-17-10-6-11-18(13-17)29-25(32)20-21(26(29)33)23(24(31)15-7-2-1-3-8-15)30-22(20)19-12-5-4-9-16(19)14-28-30/h1-14,20-23H/t20-,21-,22+,23+/m1/s1. The summed E-state index contributed by atoms with van der Waals surface area (Å²) in [6.07, 6.45) is 1.70. The van der Waals surface area contributed by atoms with Gasteiger partial charge in [0, 0.05) is 10.6 Å². The molecule has 0 aliphatic carbocycles. The van der Waals surface area contributed by atoms with Crippen molar-refractivity contribution < 1.29 is 14.4 Å². The number of anilines is 1. The van der Waals surface area contributed by atoms with Gasteiger partial charge in [0.25, 0.3) is 0 Å². The van der Waals surface area contributed by atoms with E-state index in [1.807, 2.05) is 30.3 Å². The first-order valence-corrected chi connectivity index (χ1v) is 11.1. The van der Waals surface area contributed by atoms with Gasteiger partial charge < -0.3 is 0 Å². The Morgan fingerprint density at radius 2 is 1.58 bits per heavy atom. The van der Waals surface area contributed by atoms with Crippen LogP contribution in [0.3, 0.4) is 0 Å². The predicted molar refractivity (Wildman–Crippen MR) is 124 cm³/mol. The summed E-state index contributed by atoms with van der Waals surface area (Å²) in [6.45, 7) is 0. The van der Waals surface area contributed by atoms with E-state index < -0.39 is 29.8 Å². The Balaban J connectivity index is 1.51. The van der Waals surface area contributed by atoms with Crippen LogP contribution in [0, 0.1) is 11.8 Å². The molecule has 3 aromatic carbocycles. The largest absolute Gasteiger partial charge is 0.292 e. The third-order valence-corrected chi connectivity index (χ3v) is 6.92. The molecule has 0 bridgehead atoms. The number of benzene rings is 3. The number of hydrogen-bond acceptors (Lipinski definition) is 5. The number of hydrazone groups is 1. The summed E-state index contributed by atoms with van der Waals surface area (Å²) in [5, 5.41) is 6.66. The van der Waals surface area contributed by atoms with Crippen molar-refractivity contribution >= 4 is 41.1 Å². The molecule has 0 aromatic heterocycles. The monoisotopic (exact) mass is 455 g/mol. The van der Waals surface area contributed by atoms with Crippen molar-refractivity contribution in [1.29, 1.82) is 0 Å². The molecule has 6 rings (SSSR count). The number of fused-ring (bicyclic) bond motifs is 5. The molecule has 0 radical (unpaired) electrons. The number of halogens is 1.